The Hall–Kier alpha value is -2.76. The Labute approximate surface area is 139 Å². The van der Waals surface area contributed by atoms with E-state index < -0.39 is 17.4 Å². The molecule has 1 heterocycles. The van der Waals surface area contributed by atoms with Crippen LogP contribution in [0.25, 0.3) is 10.8 Å². The Morgan fingerprint density at radius 1 is 1.04 bits per heavy atom. The van der Waals surface area contributed by atoms with Crippen LogP contribution in [0.1, 0.15) is 5.56 Å². The van der Waals surface area contributed by atoms with Crippen LogP contribution in [-0.4, -0.2) is 46.9 Å². The highest BCUT2D eigenvalue weighted by Gasteiger charge is 2.57. The van der Waals surface area contributed by atoms with Crippen molar-refractivity contribution in [3.05, 3.63) is 35.9 Å². The van der Waals surface area contributed by atoms with Crippen LogP contribution in [0, 0.1) is 0 Å². The number of carbonyl (C=O) groups excluding carboxylic acids is 2. The van der Waals surface area contributed by atoms with Crippen molar-refractivity contribution in [2.45, 2.75) is 5.41 Å². The normalized spacial score (nSPS) is 15.1. The second kappa shape index (κ2) is 5.70. The molecule has 0 aromatic heterocycles. The van der Waals surface area contributed by atoms with Crippen molar-refractivity contribution < 1.29 is 23.8 Å². The maximum atomic E-state index is 12.6. The van der Waals surface area contributed by atoms with E-state index in [0.717, 1.165) is 16.5 Å². The van der Waals surface area contributed by atoms with E-state index >= 15 is 0 Å². The average molecular weight is 329 g/mol. The van der Waals surface area contributed by atoms with Gasteiger partial charge in [-0.15, -0.1) is 0 Å². The molecule has 0 atom stereocenters. The van der Waals surface area contributed by atoms with Gasteiger partial charge in [-0.25, -0.2) is 0 Å². The molecule has 2 aromatic carbocycles. The lowest BCUT2D eigenvalue weighted by molar-refractivity contribution is -0.161. The van der Waals surface area contributed by atoms with Crippen molar-refractivity contribution in [2.24, 2.45) is 0 Å². The van der Waals surface area contributed by atoms with Crippen LogP contribution in [-0.2, 0) is 24.5 Å². The van der Waals surface area contributed by atoms with Crippen molar-refractivity contribution in [1.29, 1.82) is 0 Å². The van der Waals surface area contributed by atoms with Crippen molar-refractivity contribution in [2.75, 3.05) is 39.8 Å². The number of carbonyl (C=O) groups is 2. The van der Waals surface area contributed by atoms with Crippen LogP contribution in [0.3, 0.4) is 0 Å². The Morgan fingerprint density at radius 2 is 1.62 bits per heavy atom. The average Bonchev–Trinajstić information content (AvgIpc) is 2.93. The number of ether oxygens (including phenoxy) is 3. The highest BCUT2D eigenvalue weighted by atomic mass is 16.5. The molecule has 0 aliphatic carbocycles. The predicted octanol–water partition coefficient (Wildman–Crippen LogP) is 1.88. The first-order chi connectivity index (χ1) is 11.5. The third-order valence-electron chi connectivity index (χ3n) is 4.58. The van der Waals surface area contributed by atoms with E-state index in [1.165, 1.54) is 14.2 Å². The summed E-state index contributed by atoms with van der Waals surface area (Å²) in [6, 6.07) is 9.44. The summed E-state index contributed by atoms with van der Waals surface area (Å²) in [6.45, 7) is 0.152. The number of hydrogen-bond donors (Lipinski definition) is 0. The molecule has 3 rings (SSSR count). The molecule has 0 fully saturated rings. The van der Waals surface area contributed by atoms with Gasteiger partial charge in [0.15, 0.2) is 0 Å². The van der Waals surface area contributed by atoms with E-state index in [1.54, 1.807) is 13.2 Å². The molecular weight excluding hydrogens is 310 g/mol. The van der Waals surface area contributed by atoms with Crippen LogP contribution in [0.4, 0.5) is 5.69 Å². The van der Waals surface area contributed by atoms with Crippen LogP contribution < -0.4 is 9.64 Å². The van der Waals surface area contributed by atoms with Gasteiger partial charge in [0.05, 0.1) is 21.3 Å². The predicted molar refractivity (Wildman–Crippen MR) is 89.5 cm³/mol. The molecule has 0 radical (unpaired) electrons. The smallest absolute Gasteiger partial charge is 0.329 e. The van der Waals surface area contributed by atoms with E-state index in [0.29, 0.717) is 11.3 Å². The van der Waals surface area contributed by atoms with Gasteiger partial charge in [-0.3, -0.25) is 9.59 Å². The summed E-state index contributed by atoms with van der Waals surface area (Å²) in [5.41, 5.74) is -0.174. The SMILES string of the molecule is COC(=O)C1(C(=O)OC)CN(C)c2c1cc(OC)c1ccccc21. The Balaban J connectivity index is 2.41. The number of rotatable bonds is 3. The number of methoxy groups -OCH3 is 3. The highest BCUT2D eigenvalue weighted by Crippen LogP contribution is 2.48. The summed E-state index contributed by atoms with van der Waals surface area (Å²) in [5, 5.41) is 1.82. The van der Waals surface area contributed by atoms with Crippen molar-refractivity contribution in [3.8, 4) is 5.75 Å². The molecule has 6 heteroatoms. The molecule has 1 aliphatic rings. The molecule has 0 spiro atoms. The molecule has 2 aromatic rings. The lowest BCUT2D eigenvalue weighted by Crippen LogP contribution is -2.48. The summed E-state index contributed by atoms with van der Waals surface area (Å²) in [7, 11) is 5.93. The number of anilines is 1. The van der Waals surface area contributed by atoms with E-state index in [1.807, 2.05) is 36.2 Å². The molecule has 0 amide bonds. The van der Waals surface area contributed by atoms with E-state index in [2.05, 4.69) is 0 Å². The number of esters is 2. The molecule has 24 heavy (non-hydrogen) atoms. The van der Waals surface area contributed by atoms with E-state index in [4.69, 9.17) is 14.2 Å². The molecule has 126 valence electrons. The van der Waals surface area contributed by atoms with Gasteiger partial charge in [0.2, 0.25) is 5.41 Å². The first kappa shape index (κ1) is 16.1. The standard InChI is InChI=1S/C18H19NO5/c1-19-10-18(16(20)23-3,17(21)24-4)13-9-14(22-2)11-7-5-6-8-12(11)15(13)19/h5-9H,10H2,1-4H3. The van der Waals surface area contributed by atoms with Crippen molar-refractivity contribution in [3.63, 3.8) is 0 Å². The van der Waals surface area contributed by atoms with Gasteiger partial charge in [0, 0.05) is 35.6 Å². The fourth-order valence-electron chi connectivity index (χ4n) is 3.53. The second-order valence-corrected chi connectivity index (χ2v) is 5.77. The molecule has 0 N–H and O–H groups in total. The van der Waals surface area contributed by atoms with Gasteiger partial charge in [0.25, 0.3) is 0 Å². The number of benzene rings is 2. The Bertz CT molecular complexity index is 814. The quantitative estimate of drug-likeness (QED) is 0.633. The summed E-state index contributed by atoms with van der Waals surface area (Å²) >= 11 is 0. The van der Waals surface area contributed by atoms with Gasteiger partial charge >= 0.3 is 11.9 Å². The molecule has 6 nitrogen and oxygen atoms in total. The number of hydrogen-bond acceptors (Lipinski definition) is 6. The minimum Gasteiger partial charge on any atom is -0.496 e. The van der Waals surface area contributed by atoms with Crippen LogP contribution >= 0.6 is 0 Å². The van der Waals surface area contributed by atoms with Crippen LogP contribution in [0.15, 0.2) is 30.3 Å². The molecular formula is C18H19NO5. The fourth-order valence-corrected chi connectivity index (χ4v) is 3.53. The lowest BCUT2D eigenvalue weighted by Gasteiger charge is -2.24. The Kier molecular flexibility index (Phi) is 3.83. The zero-order valence-corrected chi connectivity index (χ0v) is 14.1. The van der Waals surface area contributed by atoms with E-state index in [9.17, 15) is 9.59 Å². The fraction of sp³-hybridized carbons (Fsp3) is 0.333. The van der Waals surface area contributed by atoms with Gasteiger partial charge < -0.3 is 19.1 Å². The van der Waals surface area contributed by atoms with Crippen molar-refractivity contribution >= 4 is 28.4 Å². The Morgan fingerprint density at radius 3 is 2.17 bits per heavy atom. The topological polar surface area (TPSA) is 65.1 Å². The minimum absolute atomic E-state index is 0.152. The van der Waals surface area contributed by atoms with Crippen molar-refractivity contribution in [1.82, 2.24) is 0 Å². The zero-order chi connectivity index (χ0) is 17.5. The highest BCUT2D eigenvalue weighted by molar-refractivity contribution is 6.14. The molecule has 0 saturated heterocycles. The summed E-state index contributed by atoms with van der Waals surface area (Å²) < 4.78 is 15.4. The second-order valence-electron chi connectivity index (χ2n) is 5.77. The monoisotopic (exact) mass is 329 g/mol. The minimum atomic E-state index is -1.52. The number of fused-ring (bicyclic) bond motifs is 3. The van der Waals surface area contributed by atoms with Crippen LogP contribution in [0.5, 0.6) is 5.75 Å². The summed E-state index contributed by atoms with van der Waals surface area (Å²) in [4.78, 5) is 27.1. The third kappa shape index (κ3) is 1.95. The van der Waals surface area contributed by atoms with Gasteiger partial charge in [0.1, 0.15) is 5.75 Å². The van der Waals surface area contributed by atoms with Gasteiger partial charge in [-0.2, -0.15) is 0 Å². The maximum Gasteiger partial charge on any atom is 0.329 e. The largest absolute Gasteiger partial charge is 0.496 e. The molecule has 0 saturated carbocycles. The zero-order valence-electron chi connectivity index (χ0n) is 14.1. The summed E-state index contributed by atoms with van der Waals surface area (Å²) in [5.74, 6) is -0.689. The first-order valence-corrected chi connectivity index (χ1v) is 7.49. The third-order valence-corrected chi connectivity index (χ3v) is 4.58. The molecule has 1 aliphatic heterocycles. The first-order valence-electron chi connectivity index (χ1n) is 7.49. The van der Waals surface area contributed by atoms with Crippen LogP contribution in [0.2, 0.25) is 0 Å². The van der Waals surface area contributed by atoms with E-state index in [-0.39, 0.29) is 6.54 Å². The number of likely N-dealkylation sites (N-methyl/N-ethyl adjacent to an activating group) is 1. The molecule has 0 unspecified atom stereocenters. The summed E-state index contributed by atoms with van der Waals surface area (Å²) in [6.07, 6.45) is 0. The lowest BCUT2D eigenvalue weighted by atomic mass is 9.81. The maximum absolute atomic E-state index is 12.6. The van der Waals surface area contributed by atoms with Gasteiger partial charge in [-0.1, -0.05) is 24.3 Å². The molecule has 0 bridgehead atoms. The number of nitrogens with zero attached hydrogens (tertiary/aromatic N) is 1. The van der Waals surface area contributed by atoms with Gasteiger partial charge in [-0.05, 0) is 6.07 Å².